The lowest BCUT2D eigenvalue weighted by molar-refractivity contribution is -0.122. The van der Waals surface area contributed by atoms with E-state index in [-0.39, 0.29) is 21.3 Å². The number of benzene rings is 3. The monoisotopic (exact) mass is 588 g/mol. The molecule has 0 radical (unpaired) electrons. The van der Waals surface area contributed by atoms with Crippen molar-refractivity contribution in [3.05, 3.63) is 91.4 Å². The Morgan fingerprint density at radius 2 is 1.72 bits per heavy atom. The van der Waals surface area contributed by atoms with Crippen LogP contribution in [0.15, 0.2) is 64.6 Å². The number of hydrogen-bond acceptors (Lipinski definition) is 5. The Morgan fingerprint density at radius 1 is 1.00 bits per heavy atom. The fraction of sp³-hybridized carbons (Fsp3) is 0.115. The molecule has 0 saturated carbocycles. The Labute approximate surface area is 225 Å². The lowest BCUT2D eigenvalue weighted by Gasteiger charge is -2.26. The van der Waals surface area contributed by atoms with Crippen LogP contribution >= 0.6 is 39.1 Å². The third-order valence-corrected chi connectivity index (χ3v) is 6.66. The maximum Gasteiger partial charge on any atom is 0.335 e. The number of nitrogens with one attached hydrogen (secondary N) is 1. The van der Waals surface area contributed by atoms with Gasteiger partial charge in [-0.15, -0.1) is 0 Å². The minimum Gasteiger partial charge on any atom is -0.493 e. The first-order chi connectivity index (χ1) is 17.2. The van der Waals surface area contributed by atoms with Gasteiger partial charge in [-0.25, -0.2) is 9.69 Å². The first-order valence-electron chi connectivity index (χ1n) is 10.6. The summed E-state index contributed by atoms with van der Waals surface area (Å²) >= 11 is 15.5. The quantitative estimate of drug-likeness (QED) is 0.269. The van der Waals surface area contributed by atoms with Crippen molar-refractivity contribution in [1.82, 2.24) is 5.32 Å². The van der Waals surface area contributed by atoms with Gasteiger partial charge in [0.25, 0.3) is 11.8 Å². The van der Waals surface area contributed by atoms with Crippen LogP contribution in [0.2, 0.25) is 10.0 Å². The maximum atomic E-state index is 13.2. The molecule has 0 bridgehead atoms. The summed E-state index contributed by atoms with van der Waals surface area (Å²) in [5, 5.41) is 2.60. The van der Waals surface area contributed by atoms with Crippen LogP contribution < -0.4 is 19.7 Å². The molecule has 1 fully saturated rings. The number of amides is 4. The van der Waals surface area contributed by atoms with Crippen molar-refractivity contribution >= 4 is 68.7 Å². The van der Waals surface area contributed by atoms with Gasteiger partial charge in [0, 0.05) is 0 Å². The number of ether oxygens (including phenoxy) is 2. The summed E-state index contributed by atoms with van der Waals surface area (Å²) in [6, 6.07) is 14.6. The van der Waals surface area contributed by atoms with Crippen LogP contribution in [-0.4, -0.2) is 25.0 Å². The van der Waals surface area contributed by atoms with Crippen LogP contribution in [0.4, 0.5) is 10.5 Å². The van der Waals surface area contributed by atoms with E-state index in [0.717, 1.165) is 16.0 Å². The van der Waals surface area contributed by atoms with Crippen molar-refractivity contribution in [2.45, 2.75) is 13.5 Å². The Bertz CT molecular complexity index is 1410. The van der Waals surface area contributed by atoms with Crippen molar-refractivity contribution in [1.29, 1.82) is 0 Å². The summed E-state index contributed by atoms with van der Waals surface area (Å²) < 4.78 is 12.0. The van der Waals surface area contributed by atoms with Gasteiger partial charge < -0.3 is 9.47 Å². The number of methoxy groups -OCH3 is 1. The zero-order valence-corrected chi connectivity index (χ0v) is 22.2. The second kappa shape index (κ2) is 10.7. The maximum absolute atomic E-state index is 13.2. The SMILES string of the molecule is COc1cc(/C=C2\C(=O)NC(=O)N(c3ccc(Cl)c(Cl)c3)C2=O)cc(Br)c1OCc1ccc(C)cc1. The highest BCUT2D eigenvalue weighted by molar-refractivity contribution is 9.10. The van der Waals surface area contributed by atoms with Crippen molar-refractivity contribution in [2.24, 2.45) is 0 Å². The number of rotatable bonds is 6. The number of nitrogens with zero attached hydrogens (tertiary/aromatic N) is 1. The fourth-order valence-corrected chi connectivity index (χ4v) is 4.35. The molecular weight excluding hydrogens is 571 g/mol. The molecule has 10 heteroatoms. The number of urea groups is 1. The molecule has 1 saturated heterocycles. The highest BCUT2D eigenvalue weighted by Crippen LogP contribution is 2.38. The summed E-state index contributed by atoms with van der Waals surface area (Å²) in [7, 11) is 1.49. The van der Waals surface area contributed by atoms with E-state index in [2.05, 4.69) is 21.2 Å². The average molecular weight is 590 g/mol. The molecule has 184 valence electrons. The molecule has 0 aliphatic carbocycles. The van der Waals surface area contributed by atoms with Crippen molar-refractivity contribution in [2.75, 3.05) is 12.0 Å². The molecule has 0 spiro atoms. The van der Waals surface area contributed by atoms with Crippen LogP contribution in [0.3, 0.4) is 0 Å². The molecule has 7 nitrogen and oxygen atoms in total. The highest BCUT2D eigenvalue weighted by atomic mass is 79.9. The third kappa shape index (κ3) is 5.41. The Balaban J connectivity index is 1.64. The molecule has 4 rings (SSSR count). The summed E-state index contributed by atoms with van der Waals surface area (Å²) in [5.41, 5.74) is 2.53. The Hall–Kier alpha value is -3.33. The van der Waals surface area contributed by atoms with Crippen molar-refractivity contribution in [3.63, 3.8) is 0 Å². The van der Waals surface area contributed by atoms with E-state index in [4.69, 9.17) is 32.7 Å². The molecule has 0 atom stereocenters. The fourth-order valence-electron chi connectivity index (χ4n) is 3.49. The van der Waals surface area contributed by atoms with Crippen molar-refractivity contribution in [3.8, 4) is 11.5 Å². The van der Waals surface area contributed by atoms with E-state index in [1.165, 1.54) is 31.4 Å². The molecule has 36 heavy (non-hydrogen) atoms. The number of carbonyl (C=O) groups is 3. The number of imide groups is 2. The first kappa shape index (κ1) is 25.8. The molecule has 1 aliphatic heterocycles. The van der Waals surface area contributed by atoms with E-state index in [0.29, 0.717) is 28.1 Å². The zero-order valence-electron chi connectivity index (χ0n) is 19.1. The van der Waals surface area contributed by atoms with Gasteiger partial charge in [0.1, 0.15) is 12.2 Å². The second-order valence-corrected chi connectivity index (χ2v) is 9.53. The number of barbiturate groups is 1. The molecule has 1 aliphatic rings. The lowest BCUT2D eigenvalue weighted by atomic mass is 10.1. The average Bonchev–Trinajstić information content (AvgIpc) is 2.84. The second-order valence-electron chi connectivity index (χ2n) is 7.86. The van der Waals surface area contributed by atoms with Crippen LogP contribution in [0.5, 0.6) is 11.5 Å². The predicted octanol–water partition coefficient (Wildman–Crippen LogP) is 6.32. The first-order valence-corrected chi connectivity index (χ1v) is 12.1. The lowest BCUT2D eigenvalue weighted by Crippen LogP contribution is -2.54. The van der Waals surface area contributed by atoms with Gasteiger partial charge in [0.15, 0.2) is 11.5 Å². The number of anilines is 1. The Kier molecular flexibility index (Phi) is 7.68. The van der Waals surface area contributed by atoms with E-state index >= 15 is 0 Å². The van der Waals surface area contributed by atoms with Gasteiger partial charge in [0.2, 0.25) is 0 Å². The predicted molar refractivity (Wildman–Crippen MR) is 142 cm³/mol. The molecule has 0 unspecified atom stereocenters. The standard InChI is InChI=1S/C26H19BrCl2N2O5/c1-14-3-5-15(6-4-14)13-36-23-19(27)10-16(11-22(23)35-2)9-18-24(32)30-26(34)31(25(18)33)17-7-8-20(28)21(29)12-17/h3-12H,13H2,1-2H3,(H,30,32,34)/b18-9+. The van der Waals surface area contributed by atoms with Crippen LogP contribution in [0.25, 0.3) is 6.08 Å². The molecule has 1 N–H and O–H groups in total. The normalized spacial score (nSPS) is 14.8. The van der Waals surface area contributed by atoms with Crippen LogP contribution in [0.1, 0.15) is 16.7 Å². The van der Waals surface area contributed by atoms with Gasteiger partial charge >= 0.3 is 6.03 Å². The summed E-state index contributed by atoms with van der Waals surface area (Å²) in [4.78, 5) is 39.0. The van der Waals surface area contributed by atoms with Gasteiger partial charge in [-0.1, -0.05) is 53.0 Å². The van der Waals surface area contributed by atoms with Crippen LogP contribution in [-0.2, 0) is 16.2 Å². The topological polar surface area (TPSA) is 84.9 Å². The van der Waals surface area contributed by atoms with Crippen molar-refractivity contribution < 1.29 is 23.9 Å². The minimum absolute atomic E-state index is 0.159. The minimum atomic E-state index is -0.890. The summed E-state index contributed by atoms with van der Waals surface area (Å²) in [6.45, 7) is 2.33. The number of halogens is 3. The smallest absolute Gasteiger partial charge is 0.335 e. The Morgan fingerprint density at radius 3 is 2.39 bits per heavy atom. The number of hydrogen-bond donors (Lipinski definition) is 1. The molecule has 3 aromatic carbocycles. The van der Waals surface area contributed by atoms with Gasteiger partial charge in [-0.2, -0.15) is 0 Å². The number of carbonyl (C=O) groups excluding carboxylic acids is 3. The van der Waals surface area contributed by atoms with E-state index < -0.39 is 17.8 Å². The van der Waals surface area contributed by atoms with E-state index in [1.807, 2.05) is 31.2 Å². The molecule has 3 aromatic rings. The summed E-state index contributed by atoms with van der Waals surface area (Å²) in [6.07, 6.45) is 1.37. The van der Waals surface area contributed by atoms with Crippen LogP contribution in [0, 0.1) is 6.92 Å². The molecule has 4 amide bonds. The highest BCUT2D eigenvalue weighted by Gasteiger charge is 2.37. The zero-order chi connectivity index (χ0) is 26.0. The molecule has 0 aromatic heterocycles. The summed E-state index contributed by atoms with van der Waals surface area (Å²) in [5.74, 6) is -0.773. The van der Waals surface area contributed by atoms with Gasteiger partial charge in [-0.05, 0) is 70.4 Å². The largest absolute Gasteiger partial charge is 0.493 e. The third-order valence-electron chi connectivity index (χ3n) is 5.33. The van der Waals surface area contributed by atoms with E-state index in [9.17, 15) is 14.4 Å². The van der Waals surface area contributed by atoms with Gasteiger partial charge in [0.05, 0.1) is 27.3 Å². The van der Waals surface area contributed by atoms with E-state index in [1.54, 1.807) is 12.1 Å². The molecule has 1 heterocycles. The molecular formula is C26H19BrCl2N2O5. The van der Waals surface area contributed by atoms with Gasteiger partial charge in [-0.3, -0.25) is 14.9 Å². The number of aryl methyl sites for hydroxylation is 1.